The van der Waals surface area contributed by atoms with Gasteiger partial charge in [0.05, 0.1) is 19.3 Å². The van der Waals surface area contributed by atoms with Crippen LogP contribution in [0.5, 0.6) is 0 Å². The molecule has 0 aliphatic rings. The Balaban J connectivity index is 4.24. The van der Waals surface area contributed by atoms with E-state index in [1.165, 1.54) is 0 Å². The van der Waals surface area contributed by atoms with Crippen molar-refractivity contribution < 1.29 is 27.5 Å². The average molecular weight is 280 g/mol. The molecule has 0 aromatic heterocycles. The highest BCUT2D eigenvalue weighted by Gasteiger charge is 2.40. The van der Waals surface area contributed by atoms with Crippen LogP contribution in [0.2, 0.25) is 6.04 Å². The van der Waals surface area contributed by atoms with Gasteiger partial charge in [-0.3, -0.25) is 0 Å². The van der Waals surface area contributed by atoms with E-state index < -0.39 is 15.0 Å². The van der Waals surface area contributed by atoms with E-state index in [4.69, 9.17) is 18.0 Å². The SMILES string of the molecule is CCOC(=O)OCC[Si](OCC)(OCC)OCC. The summed E-state index contributed by atoms with van der Waals surface area (Å²) in [7, 11) is -2.72. The molecule has 0 aliphatic carbocycles. The van der Waals surface area contributed by atoms with Crippen LogP contribution >= 0.6 is 0 Å². The van der Waals surface area contributed by atoms with Gasteiger partial charge in [-0.15, -0.1) is 0 Å². The minimum Gasteiger partial charge on any atom is -0.435 e. The number of ether oxygens (including phenoxy) is 2. The van der Waals surface area contributed by atoms with Crippen LogP contribution in [-0.4, -0.2) is 48.0 Å². The Hall–Kier alpha value is -0.633. The van der Waals surface area contributed by atoms with Crippen LogP contribution in [0.15, 0.2) is 0 Å². The van der Waals surface area contributed by atoms with Gasteiger partial charge >= 0.3 is 15.0 Å². The smallest absolute Gasteiger partial charge is 0.435 e. The molecule has 0 spiro atoms. The Bertz CT molecular complexity index is 207. The van der Waals surface area contributed by atoms with Gasteiger partial charge in [-0.25, -0.2) is 4.79 Å². The van der Waals surface area contributed by atoms with Crippen molar-refractivity contribution in [2.45, 2.75) is 33.7 Å². The lowest BCUT2D eigenvalue weighted by atomic mass is 10.8. The van der Waals surface area contributed by atoms with Gasteiger partial charge < -0.3 is 22.8 Å². The van der Waals surface area contributed by atoms with Crippen LogP contribution in [-0.2, 0) is 22.8 Å². The number of hydrogen-bond donors (Lipinski definition) is 0. The van der Waals surface area contributed by atoms with Crippen LogP contribution < -0.4 is 0 Å². The van der Waals surface area contributed by atoms with Gasteiger partial charge in [0.25, 0.3) is 0 Å². The molecular weight excluding hydrogens is 256 g/mol. The second-order valence-corrected chi connectivity index (χ2v) is 6.00. The fourth-order valence-corrected chi connectivity index (χ4v) is 3.77. The first-order chi connectivity index (χ1) is 8.64. The fourth-order valence-electron chi connectivity index (χ4n) is 1.42. The highest BCUT2D eigenvalue weighted by Crippen LogP contribution is 2.16. The summed E-state index contributed by atoms with van der Waals surface area (Å²) >= 11 is 0. The number of carbonyl (C=O) groups excluding carboxylic acids is 1. The molecule has 0 aromatic carbocycles. The molecule has 6 nitrogen and oxygen atoms in total. The van der Waals surface area contributed by atoms with Crippen molar-refractivity contribution in [1.29, 1.82) is 0 Å². The van der Waals surface area contributed by atoms with Gasteiger partial charge in [-0.1, -0.05) is 0 Å². The van der Waals surface area contributed by atoms with Gasteiger partial charge in [-0.2, -0.15) is 0 Å². The fraction of sp³-hybridized carbons (Fsp3) is 0.909. The summed E-state index contributed by atoms with van der Waals surface area (Å²) < 4.78 is 26.4. The number of rotatable bonds is 10. The largest absolute Gasteiger partial charge is 0.508 e. The first-order valence-electron chi connectivity index (χ1n) is 6.35. The van der Waals surface area contributed by atoms with Gasteiger partial charge in [-0.05, 0) is 27.7 Å². The average Bonchev–Trinajstić information content (AvgIpc) is 2.30. The number of hydrogen-bond acceptors (Lipinski definition) is 6. The zero-order chi connectivity index (χ0) is 13.9. The molecule has 0 rings (SSSR count). The van der Waals surface area contributed by atoms with E-state index in [2.05, 4.69) is 4.74 Å². The van der Waals surface area contributed by atoms with Gasteiger partial charge in [0.1, 0.15) is 0 Å². The normalized spacial score (nSPS) is 11.3. The van der Waals surface area contributed by atoms with Crippen molar-refractivity contribution in [1.82, 2.24) is 0 Å². The second kappa shape index (κ2) is 10.3. The highest BCUT2D eigenvalue weighted by atomic mass is 28.4. The van der Waals surface area contributed by atoms with E-state index in [1.807, 2.05) is 20.8 Å². The first-order valence-corrected chi connectivity index (χ1v) is 8.28. The van der Waals surface area contributed by atoms with Crippen LogP contribution in [0.4, 0.5) is 4.79 Å². The van der Waals surface area contributed by atoms with Crippen molar-refractivity contribution >= 4 is 15.0 Å². The molecule has 0 fully saturated rings. The molecule has 0 aliphatic heterocycles. The van der Waals surface area contributed by atoms with Gasteiger partial charge in [0, 0.05) is 19.8 Å². The quantitative estimate of drug-likeness (QED) is 0.451. The van der Waals surface area contributed by atoms with E-state index in [0.717, 1.165) is 0 Å². The molecular formula is C11H24O6Si. The summed E-state index contributed by atoms with van der Waals surface area (Å²) in [5, 5.41) is 0. The third-order valence-corrected chi connectivity index (χ3v) is 4.99. The number of carbonyl (C=O) groups is 1. The van der Waals surface area contributed by atoms with Crippen LogP contribution in [0.3, 0.4) is 0 Å². The van der Waals surface area contributed by atoms with Crippen molar-refractivity contribution in [3.63, 3.8) is 0 Å². The van der Waals surface area contributed by atoms with E-state index in [9.17, 15) is 4.79 Å². The molecule has 18 heavy (non-hydrogen) atoms. The lowest BCUT2D eigenvalue weighted by Gasteiger charge is -2.28. The van der Waals surface area contributed by atoms with E-state index in [1.54, 1.807) is 6.92 Å². The molecule has 0 bridgehead atoms. The lowest BCUT2D eigenvalue weighted by molar-refractivity contribution is 0.0457. The molecule has 0 unspecified atom stereocenters. The predicted molar refractivity (Wildman–Crippen MR) is 68.4 cm³/mol. The summed E-state index contributed by atoms with van der Waals surface area (Å²) in [6.45, 7) is 9.35. The second-order valence-electron chi connectivity index (χ2n) is 3.26. The highest BCUT2D eigenvalue weighted by molar-refractivity contribution is 6.60. The van der Waals surface area contributed by atoms with Crippen molar-refractivity contribution in [2.75, 3.05) is 33.0 Å². The zero-order valence-corrected chi connectivity index (χ0v) is 12.7. The van der Waals surface area contributed by atoms with Crippen LogP contribution in [0.25, 0.3) is 0 Å². The monoisotopic (exact) mass is 280 g/mol. The third kappa shape index (κ3) is 6.95. The Morgan fingerprint density at radius 1 is 0.833 bits per heavy atom. The van der Waals surface area contributed by atoms with Crippen LogP contribution in [0, 0.1) is 0 Å². The summed E-state index contributed by atoms with van der Waals surface area (Å²) in [5.41, 5.74) is 0. The Morgan fingerprint density at radius 2 is 1.33 bits per heavy atom. The minimum atomic E-state index is -2.72. The lowest BCUT2D eigenvalue weighted by Crippen LogP contribution is -2.47. The van der Waals surface area contributed by atoms with E-state index in [0.29, 0.717) is 32.5 Å². The van der Waals surface area contributed by atoms with Crippen molar-refractivity contribution in [3.8, 4) is 0 Å². The minimum absolute atomic E-state index is 0.172. The van der Waals surface area contributed by atoms with Gasteiger partial charge in [0.15, 0.2) is 0 Å². The first kappa shape index (κ1) is 17.4. The molecule has 7 heteroatoms. The molecule has 0 saturated heterocycles. The van der Waals surface area contributed by atoms with Crippen molar-refractivity contribution in [3.05, 3.63) is 0 Å². The molecule has 0 atom stereocenters. The molecule has 0 amide bonds. The summed E-state index contributed by atoms with van der Waals surface area (Å²) in [6, 6.07) is 0.432. The summed E-state index contributed by atoms with van der Waals surface area (Å²) in [4.78, 5) is 11.1. The van der Waals surface area contributed by atoms with E-state index in [-0.39, 0.29) is 6.61 Å². The summed E-state index contributed by atoms with van der Waals surface area (Å²) in [5.74, 6) is 0. The molecule has 0 N–H and O–H groups in total. The Labute approximate surface area is 110 Å². The Kier molecular flexibility index (Phi) is 9.94. The van der Waals surface area contributed by atoms with Gasteiger partial charge in [0.2, 0.25) is 0 Å². The molecule has 0 heterocycles. The molecule has 0 radical (unpaired) electrons. The third-order valence-electron chi connectivity index (χ3n) is 1.98. The maximum absolute atomic E-state index is 11.1. The maximum atomic E-state index is 11.1. The van der Waals surface area contributed by atoms with Crippen molar-refractivity contribution in [2.24, 2.45) is 0 Å². The van der Waals surface area contributed by atoms with Crippen LogP contribution in [0.1, 0.15) is 27.7 Å². The Morgan fingerprint density at radius 3 is 1.72 bits per heavy atom. The standard InChI is InChI=1S/C11H24O6Si/c1-5-13-11(12)14-9-10-18(15-6-2,16-7-3)17-8-4/h5-10H2,1-4H3. The topological polar surface area (TPSA) is 63.2 Å². The van der Waals surface area contributed by atoms with E-state index >= 15 is 0 Å². The molecule has 0 saturated carbocycles. The predicted octanol–water partition coefficient (Wildman–Crippen LogP) is 2.21. The molecule has 108 valence electrons. The summed E-state index contributed by atoms with van der Waals surface area (Å²) in [6.07, 6.45) is -0.676. The maximum Gasteiger partial charge on any atom is 0.508 e. The zero-order valence-electron chi connectivity index (χ0n) is 11.7. The molecule has 0 aromatic rings.